The highest BCUT2D eigenvalue weighted by molar-refractivity contribution is 8.13. The van der Waals surface area contributed by atoms with E-state index in [1.165, 1.54) is 11.8 Å². The Balaban J connectivity index is 3.40. The predicted molar refractivity (Wildman–Crippen MR) is 87.7 cm³/mol. The third-order valence-electron chi connectivity index (χ3n) is 2.83. The van der Waals surface area contributed by atoms with Crippen molar-refractivity contribution in [1.82, 2.24) is 4.98 Å². The smallest absolute Gasteiger partial charge is 0.155 e. The van der Waals surface area contributed by atoms with Crippen LogP contribution in [0.15, 0.2) is 28.9 Å². The Morgan fingerprint density at radius 2 is 1.86 bits per heavy atom. The van der Waals surface area contributed by atoms with Crippen molar-refractivity contribution < 1.29 is 0 Å². The van der Waals surface area contributed by atoms with Crippen molar-refractivity contribution in [3.8, 4) is 12.1 Å². The van der Waals surface area contributed by atoms with E-state index in [-0.39, 0.29) is 11.0 Å². The zero-order valence-electron chi connectivity index (χ0n) is 12.9. The van der Waals surface area contributed by atoms with E-state index in [4.69, 9.17) is 10.5 Å². The van der Waals surface area contributed by atoms with E-state index in [0.717, 1.165) is 10.7 Å². The Morgan fingerprint density at radius 3 is 2.24 bits per heavy atom. The third-order valence-corrected chi connectivity index (χ3v) is 3.51. The van der Waals surface area contributed by atoms with Gasteiger partial charge in [0.05, 0.1) is 5.04 Å². The average Bonchev–Trinajstić information content (AvgIpc) is 2.46. The molecule has 0 amide bonds. The molecule has 0 aliphatic rings. The van der Waals surface area contributed by atoms with Gasteiger partial charge in [-0.15, -0.1) is 11.8 Å². The number of hydrogen-bond donors (Lipinski definition) is 0. The van der Waals surface area contributed by atoms with Crippen LogP contribution in [-0.2, 0) is 5.41 Å². The second-order valence-electron chi connectivity index (χ2n) is 5.46. The standard InChI is InChI=1S/C16H18N4S/c1-11(21-5)20-15(13(8-17)9-18)12-6-7-14(19-10-12)16(2,3)4/h6-7,10H,1-5H3. The number of nitriles is 2. The maximum atomic E-state index is 9.10. The van der Waals surface area contributed by atoms with E-state index in [1.807, 2.05) is 37.5 Å². The minimum atomic E-state index is -0.0475. The zero-order valence-corrected chi connectivity index (χ0v) is 13.7. The van der Waals surface area contributed by atoms with Crippen LogP contribution in [0.3, 0.4) is 0 Å². The summed E-state index contributed by atoms with van der Waals surface area (Å²) in [5.74, 6) is 0. The number of rotatable bonds is 2. The number of allylic oxidation sites excluding steroid dienone is 1. The molecule has 0 atom stereocenters. The summed E-state index contributed by atoms with van der Waals surface area (Å²) in [7, 11) is 0. The highest BCUT2D eigenvalue weighted by Gasteiger charge is 2.16. The van der Waals surface area contributed by atoms with Crippen LogP contribution in [0, 0.1) is 22.7 Å². The Bertz CT molecular complexity index is 633. The van der Waals surface area contributed by atoms with E-state index in [9.17, 15) is 0 Å². The molecule has 0 aliphatic carbocycles. The van der Waals surface area contributed by atoms with Gasteiger partial charge in [-0.3, -0.25) is 4.98 Å². The highest BCUT2D eigenvalue weighted by atomic mass is 32.2. The van der Waals surface area contributed by atoms with Gasteiger partial charge in [-0.2, -0.15) is 10.5 Å². The number of aromatic nitrogens is 1. The number of thioether (sulfide) groups is 1. The second kappa shape index (κ2) is 7.06. The van der Waals surface area contributed by atoms with Gasteiger partial charge in [-0.1, -0.05) is 20.8 Å². The first-order valence-corrected chi connectivity index (χ1v) is 7.66. The summed E-state index contributed by atoms with van der Waals surface area (Å²) in [5.41, 5.74) is 1.95. The van der Waals surface area contributed by atoms with Crippen molar-refractivity contribution in [3.05, 3.63) is 35.2 Å². The fraction of sp³-hybridized carbons (Fsp3) is 0.375. The Kier molecular flexibility index (Phi) is 5.69. The summed E-state index contributed by atoms with van der Waals surface area (Å²) >= 11 is 1.47. The molecule has 0 radical (unpaired) electrons. The molecule has 1 aromatic heterocycles. The highest BCUT2D eigenvalue weighted by Crippen LogP contribution is 2.24. The largest absolute Gasteiger partial charge is 0.260 e. The summed E-state index contributed by atoms with van der Waals surface area (Å²) in [6.45, 7) is 8.08. The lowest BCUT2D eigenvalue weighted by molar-refractivity contribution is 0.569. The van der Waals surface area contributed by atoms with Crippen LogP contribution in [0.2, 0.25) is 0 Å². The average molecular weight is 298 g/mol. The maximum Gasteiger partial charge on any atom is 0.155 e. The zero-order chi connectivity index (χ0) is 16.0. The number of hydrogen-bond acceptors (Lipinski definition) is 5. The molecule has 0 N–H and O–H groups in total. The van der Waals surface area contributed by atoms with E-state index in [1.54, 1.807) is 6.20 Å². The van der Waals surface area contributed by atoms with Gasteiger partial charge in [0.15, 0.2) is 5.57 Å². The van der Waals surface area contributed by atoms with Crippen molar-refractivity contribution in [1.29, 1.82) is 10.5 Å². The minimum Gasteiger partial charge on any atom is -0.260 e. The van der Waals surface area contributed by atoms with Crippen LogP contribution in [0.5, 0.6) is 0 Å². The Labute approximate surface area is 130 Å². The van der Waals surface area contributed by atoms with Gasteiger partial charge in [0.2, 0.25) is 0 Å². The lowest BCUT2D eigenvalue weighted by atomic mass is 9.91. The lowest BCUT2D eigenvalue weighted by Crippen LogP contribution is -2.13. The lowest BCUT2D eigenvalue weighted by Gasteiger charge is -2.17. The molecule has 1 aromatic rings. The fourth-order valence-electron chi connectivity index (χ4n) is 1.58. The topological polar surface area (TPSA) is 72.8 Å². The molecule has 1 rings (SSSR count). The first-order valence-electron chi connectivity index (χ1n) is 6.44. The van der Waals surface area contributed by atoms with Crippen molar-refractivity contribution in [2.24, 2.45) is 4.99 Å². The summed E-state index contributed by atoms with van der Waals surface area (Å²) in [5, 5.41) is 19.0. The molecule has 0 aliphatic heterocycles. The van der Waals surface area contributed by atoms with Gasteiger partial charge >= 0.3 is 0 Å². The molecular formula is C16H18N4S. The molecule has 0 unspecified atom stereocenters. The Morgan fingerprint density at radius 1 is 1.24 bits per heavy atom. The third kappa shape index (κ3) is 4.44. The fourth-order valence-corrected chi connectivity index (χ4v) is 1.76. The molecule has 5 heteroatoms. The SMILES string of the molecule is CSC(C)=NC(=C(C#N)C#N)c1ccc(C(C)(C)C)nc1. The molecular weight excluding hydrogens is 280 g/mol. The molecule has 0 aromatic carbocycles. The molecule has 0 saturated carbocycles. The summed E-state index contributed by atoms with van der Waals surface area (Å²) in [6.07, 6.45) is 3.57. The van der Waals surface area contributed by atoms with Crippen LogP contribution in [-0.4, -0.2) is 16.3 Å². The number of nitrogens with zero attached hydrogens (tertiary/aromatic N) is 4. The summed E-state index contributed by atoms with van der Waals surface area (Å²) < 4.78 is 0. The first kappa shape index (κ1) is 16.9. The number of aliphatic imine (C=N–C) groups is 1. The van der Waals surface area contributed by atoms with E-state index < -0.39 is 0 Å². The van der Waals surface area contributed by atoms with E-state index in [0.29, 0.717) is 11.3 Å². The molecule has 0 saturated heterocycles. The van der Waals surface area contributed by atoms with Gasteiger partial charge in [0.1, 0.15) is 17.8 Å². The monoisotopic (exact) mass is 298 g/mol. The van der Waals surface area contributed by atoms with Crippen LogP contribution < -0.4 is 0 Å². The molecule has 108 valence electrons. The first-order chi connectivity index (χ1) is 9.83. The maximum absolute atomic E-state index is 9.10. The van der Waals surface area contributed by atoms with E-state index in [2.05, 4.69) is 30.7 Å². The molecule has 0 fully saturated rings. The van der Waals surface area contributed by atoms with Crippen LogP contribution in [0.4, 0.5) is 0 Å². The van der Waals surface area contributed by atoms with Crippen molar-refractivity contribution >= 4 is 22.5 Å². The second-order valence-corrected chi connectivity index (χ2v) is 6.46. The normalized spacial score (nSPS) is 11.5. The predicted octanol–water partition coefficient (Wildman–Crippen LogP) is 3.92. The quantitative estimate of drug-likeness (QED) is 0.471. The van der Waals surface area contributed by atoms with Crippen molar-refractivity contribution in [2.75, 3.05) is 6.26 Å². The molecule has 0 bridgehead atoms. The number of pyridine rings is 1. The van der Waals surface area contributed by atoms with Crippen molar-refractivity contribution in [3.63, 3.8) is 0 Å². The van der Waals surface area contributed by atoms with Crippen molar-refractivity contribution in [2.45, 2.75) is 33.1 Å². The van der Waals surface area contributed by atoms with E-state index >= 15 is 0 Å². The van der Waals surface area contributed by atoms with Crippen LogP contribution in [0.1, 0.15) is 39.0 Å². The van der Waals surface area contributed by atoms with Gasteiger partial charge < -0.3 is 0 Å². The minimum absolute atomic E-state index is 0.00583. The van der Waals surface area contributed by atoms with Gasteiger partial charge in [0, 0.05) is 22.9 Å². The van der Waals surface area contributed by atoms with Crippen LogP contribution in [0.25, 0.3) is 5.70 Å². The van der Waals surface area contributed by atoms with Gasteiger partial charge in [-0.05, 0) is 25.3 Å². The molecule has 4 nitrogen and oxygen atoms in total. The van der Waals surface area contributed by atoms with Gasteiger partial charge in [-0.25, -0.2) is 4.99 Å². The molecule has 21 heavy (non-hydrogen) atoms. The van der Waals surface area contributed by atoms with Crippen LogP contribution >= 0.6 is 11.8 Å². The molecule has 0 spiro atoms. The van der Waals surface area contributed by atoms with Gasteiger partial charge in [0.25, 0.3) is 0 Å². The Hall–Kier alpha value is -2.11. The molecule has 1 heterocycles. The summed E-state index contributed by atoms with van der Waals surface area (Å²) in [4.78, 5) is 8.80. The summed E-state index contributed by atoms with van der Waals surface area (Å²) in [6, 6.07) is 7.56.